The van der Waals surface area contributed by atoms with Crippen LogP contribution in [0.25, 0.3) is 6.08 Å². The van der Waals surface area contributed by atoms with Crippen molar-refractivity contribution in [3.05, 3.63) is 29.1 Å². The lowest BCUT2D eigenvalue weighted by Gasteiger charge is -2.04. The molecule has 0 bridgehead atoms. The van der Waals surface area contributed by atoms with E-state index < -0.39 is 0 Å². The van der Waals surface area contributed by atoms with Gasteiger partial charge in [0.1, 0.15) is 0 Å². The Balaban J connectivity index is 2.16. The van der Waals surface area contributed by atoms with Gasteiger partial charge in [-0.25, -0.2) is 0 Å². The Morgan fingerprint density at radius 2 is 2.50 bits per heavy atom. The maximum Gasteiger partial charge on any atom is 0.0261 e. The van der Waals surface area contributed by atoms with Gasteiger partial charge in [0.2, 0.25) is 0 Å². The van der Waals surface area contributed by atoms with Gasteiger partial charge in [-0.05, 0) is 29.9 Å². The molecule has 12 heavy (non-hydrogen) atoms. The topological polar surface area (TPSA) is 15.8 Å². The van der Waals surface area contributed by atoms with E-state index in [1.165, 1.54) is 23.2 Å². The van der Waals surface area contributed by atoms with Crippen LogP contribution in [0.3, 0.4) is 0 Å². The smallest absolute Gasteiger partial charge is 0.0261 e. The lowest BCUT2D eigenvalue weighted by Crippen LogP contribution is -1.91. The van der Waals surface area contributed by atoms with Crippen LogP contribution in [-0.2, 0) is 6.42 Å². The number of aromatic nitrogens is 1. The highest BCUT2D eigenvalue weighted by molar-refractivity contribution is 5.62. The first kappa shape index (κ1) is 6.53. The molecule has 2 unspecified atom stereocenters. The summed E-state index contributed by atoms with van der Waals surface area (Å²) in [4.78, 5) is 3.42. The molecule has 3 rings (SSSR count). The van der Waals surface area contributed by atoms with Gasteiger partial charge < -0.3 is 4.98 Å². The van der Waals surface area contributed by atoms with E-state index in [9.17, 15) is 0 Å². The molecule has 1 nitrogen and oxygen atoms in total. The number of hydrogen-bond donors (Lipinski definition) is 1. The Bertz CT molecular complexity index is 346. The summed E-state index contributed by atoms with van der Waals surface area (Å²) in [6.45, 7) is 2.22. The first-order valence-corrected chi connectivity index (χ1v) is 4.78. The van der Waals surface area contributed by atoms with Crippen molar-refractivity contribution < 1.29 is 0 Å². The van der Waals surface area contributed by atoms with E-state index in [-0.39, 0.29) is 0 Å². The van der Waals surface area contributed by atoms with Crippen LogP contribution < -0.4 is 0 Å². The van der Waals surface area contributed by atoms with Crippen molar-refractivity contribution in [2.45, 2.75) is 25.7 Å². The van der Waals surface area contributed by atoms with Gasteiger partial charge in [-0.15, -0.1) is 0 Å². The minimum atomic E-state index is 0.838. The van der Waals surface area contributed by atoms with Gasteiger partial charge in [-0.3, -0.25) is 0 Å². The Hall–Kier alpha value is -0.980. The van der Waals surface area contributed by atoms with Gasteiger partial charge in [0.15, 0.2) is 0 Å². The Labute approximate surface area is 72.5 Å². The van der Waals surface area contributed by atoms with Crippen LogP contribution >= 0.6 is 0 Å². The Kier molecular flexibility index (Phi) is 1.11. The molecular formula is C11H13N. The van der Waals surface area contributed by atoms with Crippen LogP contribution in [0, 0.1) is 5.92 Å². The van der Waals surface area contributed by atoms with Gasteiger partial charge in [0, 0.05) is 17.8 Å². The third kappa shape index (κ3) is 0.689. The molecule has 1 saturated carbocycles. The van der Waals surface area contributed by atoms with Crippen LogP contribution in [-0.4, -0.2) is 4.98 Å². The summed E-state index contributed by atoms with van der Waals surface area (Å²) < 4.78 is 0. The minimum Gasteiger partial charge on any atom is -0.364 e. The number of rotatable bonds is 1. The quantitative estimate of drug-likeness (QED) is 0.648. The van der Waals surface area contributed by atoms with Gasteiger partial charge >= 0.3 is 0 Å². The molecule has 0 aliphatic heterocycles. The maximum absolute atomic E-state index is 3.42. The highest BCUT2D eigenvalue weighted by Gasteiger charge is 2.40. The molecule has 1 aromatic heterocycles. The molecule has 0 aromatic carbocycles. The van der Waals surface area contributed by atoms with Crippen molar-refractivity contribution in [2.75, 3.05) is 0 Å². The lowest BCUT2D eigenvalue weighted by atomic mass is 10.0. The molecule has 0 saturated heterocycles. The zero-order valence-corrected chi connectivity index (χ0v) is 7.30. The van der Waals surface area contributed by atoms with E-state index >= 15 is 0 Å². The highest BCUT2D eigenvalue weighted by Crippen LogP contribution is 2.52. The average Bonchev–Trinajstić information content (AvgIpc) is 2.78. The number of hydrogen-bond acceptors (Lipinski definition) is 0. The molecule has 2 aliphatic rings. The molecular weight excluding hydrogens is 146 g/mol. The second-order valence-corrected chi connectivity index (χ2v) is 3.86. The highest BCUT2D eigenvalue weighted by atomic mass is 14.7. The second-order valence-electron chi connectivity index (χ2n) is 3.86. The van der Waals surface area contributed by atoms with Crippen molar-refractivity contribution in [3.8, 4) is 0 Å². The summed E-state index contributed by atoms with van der Waals surface area (Å²) in [5.74, 6) is 1.70. The van der Waals surface area contributed by atoms with Gasteiger partial charge in [0.25, 0.3) is 0 Å². The number of aromatic amines is 1. The molecule has 62 valence electrons. The third-order valence-electron chi connectivity index (χ3n) is 3.14. The van der Waals surface area contributed by atoms with Crippen molar-refractivity contribution in [3.63, 3.8) is 0 Å². The monoisotopic (exact) mass is 159 g/mol. The molecule has 2 atom stereocenters. The van der Waals surface area contributed by atoms with Crippen LogP contribution in [0.5, 0.6) is 0 Å². The number of allylic oxidation sites excluding steroid dienone is 1. The second kappa shape index (κ2) is 2.03. The molecule has 1 heterocycles. The normalized spacial score (nSPS) is 29.8. The van der Waals surface area contributed by atoms with Crippen molar-refractivity contribution in [2.24, 2.45) is 5.92 Å². The zero-order chi connectivity index (χ0) is 8.13. The van der Waals surface area contributed by atoms with Crippen LogP contribution in [0.4, 0.5) is 0 Å². The number of fused-ring (bicyclic) bond motifs is 3. The van der Waals surface area contributed by atoms with E-state index in [0.29, 0.717) is 0 Å². The summed E-state index contributed by atoms with van der Waals surface area (Å²) in [7, 11) is 0. The first-order valence-electron chi connectivity index (χ1n) is 4.78. The van der Waals surface area contributed by atoms with Crippen molar-refractivity contribution >= 4 is 6.08 Å². The molecule has 0 radical (unpaired) electrons. The standard InChI is InChI=1S/C11H13N/c1-2-7-6-12-11-9(7)4-3-8-5-10(8)11/h3-4,6,8,10,12H,2,5H2,1H3. The number of nitrogens with one attached hydrogen (secondary N) is 1. The number of aryl methyl sites for hydroxylation is 1. The van der Waals surface area contributed by atoms with Gasteiger partial charge in [-0.1, -0.05) is 19.1 Å². The maximum atomic E-state index is 3.42. The molecule has 1 heteroatoms. The molecule has 0 spiro atoms. The fraction of sp³-hybridized carbons (Fsp3) is 0.455. The third-order valence-corrected chi connectivity index (χ3v) is 3.14. The fourth-order valence-electron chi connectivity index (χ4n) is 2.27. The van der Waals surface area contributed by atoms with Crippen molar-refractivity contribution in [1.29, 1.82) is 0 Å². The van der Waals surface area contributed by atoms with E-state index in [0.717, 1.165) is 18.3 Å². The Morgan fingerprint density at radius 1 is 1.58 bits per heavy atom. The van der Waals surface area contributed by atoms with Gasteiger partial charge in [-0.2, -0.15) is 0 Å². The largest absolute Gasteiger partial charge is 0.364 e. The lowest BCUT2D eigenvalue weighted by molar-refractivity contribution is 0.955. The molecule has 1 N–H and O–H groups in total. The average molecular weight is 159 g/mol. The summed E-state index contributed by atoms with van der Waals surface area (Å²) in [6.07, 6.45) is 9.37. The summed E-state index contributed by atoms with van der Waals surface area (Å²) in [6, 6.07) is 0. The number of H-pyrrole nitrogens is 1. The zero-order valence-electron chi connectivity index (χ0n) is 7.30. The first-order chi connectivity index (χ1) is 5.90. The van der Waals surface area contributed by atoms with Gasteiger partial charge in [0.05, 0.1) is 0 Å². The molecule has 1 aromatic rings. The summed E-state index contributed by atoms with van der Waals surface area (Å²) in [5, 5.41) is 0. The Morgan fingerprint density at radius 3 is 3.33 bits per heavy atom. The van der Waals surface area contributed by atoms with E-state index in [1.54, 1.807) is 0 Å². The van der Waals surface area contributed by atoms with Crippen LogP contribution in [0.1, 0.15) is 36.1 Å². The van der Waals surface area contributed by atoms with E-state index in [4.69, 9.17) is 0 Å². The van der Waals surface area contributed by atoms with Crippen molar-refractivity contribution in [1.82, 2.24) is 4.98 Å². The molecule has 1 fully saturated rings. The summed E-state index contributed by atoms with van der Waals surface area (Å²) >= 11 is 0. The van der Waals surface area contributed by atoms with Crippen LogP contribution in [0.2, 0.25) is 0 Å². The summed E-state index contributed by atoms with van der Waals surface area (Å²) in [5.41, 5.74) is 4.46. The molecule has 2 aliphatic carbocycles. The predicted molar refractivity (Wildman–Crippen MR) is 50.1 cm³/mol. The molecule has 0 amide bonds. The van der Waals surface area contributed by atoms with E-state index in [1.807, 2.05) is 0 Å². The predicted octanol–water partition coefficient (Wildman–Crippen LogP) is 2.71. The minimum absolute atomic E-state index is 0.838. The fourth-order valence-corrected chi connectivity index (χ4v) is 2.27. The SMILES string of the molecule is CCc1c[nH]c2c1C=CC1CC21. The van der Waals surface area contributed by atoms with Crippen LogP contribution in [0.15, 0.2) is 12.3 Å². The van der Waals surface area contributed by atoms with E-state index in [2.05, 4.69) is 30.3 Å².